The molecule has 38 heavy (non-hydrogen) atoms. The van der Waals surface area contributed by atoms with Crippen LogP contribution in [0.15, 0.2) is 104 Å². The first-order chi connectivity index (χ1) is 18.7. The third kappa shape index (κ3) is 4.51. The van der Waals surface area contributed by atoms with Gasteiger partial charge in [-0.2, -0.15) is 0 Å². The molecule has 0 spiro atoms. The van der Waals surface area contributed by atoms with Crippen molar-refractivity contribution >= 4 is 32.4 Å². The van der Waals surface area contributed by atoms with Crippen LogP contribution in [0, 0.1) is 11.8 Å². The highest BCUT2D eigenvalue weighted by atomic mass is 16.3. The van der Waals surface area contributed by atoms with Crippen LogP contribution in [0.1, 0.15) is 43.4 Å². The molecule has 1 fully saturated rings. The van der Waals surface area contributed by atoms with E-state index in [0.717, 1.165) is 48.8 Å². The monoisotopic (exact) mass is 500 g/mol. The number of hydrogen-bond acceptors (Lipinski definition) is 3. The van der Waals surface area contributed by atoms with E-state index in [2.05, 4.69) is 90.1 Å². The lowest BCUT2D eigenvalue weighted by atomic mass is 9.76. The lowest BCUT2D eigenvalue weighted by Crippen LogP contribution is -2.49. The summed E-state index contributed by atoms with van der Waals surface area (Å²) >= 11 is 0. The van der Waals surface area contributed by atoms with Gasteiger partial charge in [-0.25, -0.2) is 0 Å². The Labute approximate surface area is 225 Å². The van der Waals surface area contributed by atoms with Gasteiger partial charge in [-0.05, 0) is 69.1 Å². The number of rotatable bonds is 7. The predicted octanol–water partition coefficient (Wildman–Crippen LogP) is 8.07. The van der Waals surface area contributed by atoms with Crippen molar-refractivity contribution in [3.05, 3.63) is 115 Å². The van der Waals surface area contributed by atoms with E-state index in [0.29, 0.717) is 11.8 Å². The average Bonchev–Trinajstić information content (AvgIpc) is 2.97. The van der Waals surface area contributed by atoms with Crippen molar-refractivity contribution in [3.8, 4) is 0 Å². The molecular formula is C35H36N2O. The third-order valence-corrected chi connectivity index (χ3v) is 8.64. The number of aliphatic hydroxyl groups is 1. The Morgan fingerprint density at radius 1 is 0.947 bits per heavy atom. The molecular weight excluding hydrogens is 464 g/mol. The summed E-state index contributed by atoms with van der Waals surface area (Å²) in [5.41, 5.74) is 3.24. The first-order valence-electron chi connectivity index (χ1n) is 14.0. The molecule has 3 unspecified atom stereocenters. The second-order valence-corrected chi connectivity index (χ2v) is 10.8. The molecule has 5 aromatic rings. The van der Waals surface area contributed by atoms with Gasteiger partial charge >= 0.3 is 0 Å². The predicted molar refractivity (Wildman–Crippen MR) is 159 cm³/mol. The van der Waals surface area contributed by atoms with Crippen LogP contribution in [-0.2, 0) is 6.54 Å². The van der Waals surface area contributed by atoms with Gasteiger partial charge in [-0.1, -0.05) is 92.6 Å². The number of piperidine rings is 1. The van der Waals surface area contributed by atoms with Crippen molar-refractivity contribution in [1.29, 1.82) is 0 Å². The smallest absolute Gasteiger partial charge is 0.0952 e. The van der Waals surface area contributed by atoms with E-state index in [1.807, 2.05) is 30.5 Å². The minimum atomic E-state index is -0.603. The summed E-state index contributed by atoms with van der Waals surface area (Å²) in [6, 6.07) is 29.9. The topological polar surface area (TPSA) is 36.4 Å². The van der Waals surface area contributed by atoms with Gasteiger partial charge in [0.2, 0.25) is 0 Å². The molecule has 3 nitrogen and oxygen atoms in total. The summed E-state index contributed by atoms with van der Waals surface area (Å²) in [5, 5.41) is 18.2. The maximum absolute atomic E-state index is 12.1. The Balaban J connectivity index is 1.46. The van der Waals surface area contributed by atoms with E-state index >= 15 is 0 Å². The zero-order valence-corrected chi connectivity index (χ0v) is 22.1. The maximum atomic E-state index is 12.1. The zero-order chi connectivity index (χ0) is 26.1. The first-order valence-corrected chi connectivity index (χ1v) is 14.0. The standard InChI is InChI=1S/C35H36N2O/c1-3-11-25-21-34(35(38)31-18-19-36-33-17-10-9-16-30(31)33)37(22-24(25)4-2)23-32-28-14-7-5-12-26(28)20-27-13-6-8-15-29(27)32/h4-10,12-20,24-25,34-35,38H,2-3,11,21-23H2,1H3/t24?,25?,34?,35-/m0/s1. The first kappa shape index (κ1) is 24.8. The van der Waals surface area contributed by atoms with E-state index in [9.17, 15) is 5.11 Å². The maximum Gasteiger partial charge on any atom is 0.0952 e. The van der Waals surface area contributed by atoms with Crippen molar-refractivity contribution in [3.63, 3.8) is 0 Å². The van der Waals surface area contributed by atoms with Crippen LogP contribution >= 0.6 is 0 Å². The fourth-order valence-corrected chi connectivity index (χ4v) is 6.73. The fourth-order valence-electron chi connectivity index (χ4n) is 6.73. The third-order valence-electron chi connectivity index (χ3n) is 8.64. The largest absolute Gasteiger partial charge is 0.387 e. The van der Waals surface area contributed by atoms with Crippen LogP contribution in [0.5, 0.6) is 0 Å². The molecule has 0 bridgehead atoms. The molecule has 1 aliphatic heterocycles. The molecule has 1 aliphatic rings. The van der Waals surface area contributed by atoms with Crippen LogP contribution in [-0.4, -0.2) is 27.6 Å². The van der Waals surface area contributed by atoms with Crippen molar-refractivity contribution in [2.24, 2.45) is 11.8 Å². The summed E-state index contributed by atoms with van der Waals surface area (Å²) in [4.78, 5) is 7.09. The molecule has 0 radical (unpaired) electrons. The number of likely N-dealkylation sites (tertiary alicyclic amines) is 1. The highest BCUT2D eigenvalue weighted by Crippen LogP contribution is 2.40. The molecule has 0 saturated carbocycles. The number of benzene rings is 4. The van der Waals surface area contributed by atoms with E-state index in [1.54, 1.807) is 0 Å². The molecule has 1 saturated heterocycles. The van der Waals surface area contributed by atoms with E-state index in [-0.39, 0.29) is 6.04 Å². The summed E-state index contributed by atoms with van der Waals surface area (Å²) in [7, 11) is 0. The second-order valence-electron chi connectivity index (χ2n) is 10.8. The van der Waals surface area contributed by atoms with Gasteiger partial charge < -0.3 is 5.11 Å². The number of fused-ring (bicyclic) bond motifs is 3. The summed E-state index contributed by atoms with van der Waals surface area (Å²) < 4.78 is 0. The van der Waals surface area contributed by atoms with Gasteiger partial charge in [-0.3, -0.25) is 9.88 Å². The number of aliphatic hydroxyl groups excluding tert-OH is 1. The zero-order valence-electron chi connectivity index (χ0n) is 22.1. The normalized spacial score (nSPS) is 21.2. The number of hydrogen-bond donors (Lipinski definition) is 1. The Hall–Kier alpha value is -3.53. The van der Waals surface area contributed by atoms with Crippen molar-refractivity contribution < 1.29 is 5.11 Å². The van der Waals surface area contributed by atoms with Crippen LogP contribution < -0.4 is 0 Å². The number of pyridine rings is 1. The van der Waals surface area contributed by atoms with E-state index in [1.165, 1.54) is 27.1 Å². The van der Waals surface area contributed by atoms with Gasteiger partial charge in [0.1, 0.15) is 0 Å². The van der Waals surface area contributed by atoms with E-state index in [4.69, 9.17) is 0 Å². The molecule has 1 aromatic heterocycles. The van der Waals surface area contributed by atoms with Crippen LogP contribution in [0.3, 0.4) is 0 Å². The highest BCUT2D eigenvalue weighted by molar-refractivity contribution is 6.02. The lowest BCUT2D eigenvalue weighted by molar-refractivity contribution is -0.0126. The van der Waals surface area contributed by atoms with Gasteiger partial charge in [0.25, 0.3) is 0 Å². The molecule has 1 N–H and O–H groups in total. The second kappa shape index (κ2) is 10.7. The Bertz CT molecular complexity index is 1530. The van der Waals surface area contributed by atoms with Gasteiger partial charge in [0.05, 0.1) is 11.6 Å². The summed E-state index contributed by atoms with van der Waals surface area (Å²) in [5.74, 6) is 0.930. The minimum Gasteiger partial charge on any atom is -0.387 e. The van der Waals surface area contributed by atoms with Crippen molar-refractivity contribution in [2.75, 3.05) is 6.54 Å². The molecule has 4 aromatic carbocycles. The number of aromatic nitrogens is 1. The van der Waals surface area contributed by atoms with Crippen LogP contribution in [0.4, 0.5) is 0 Å². The Kier molecular flexibility index (Phi) is 6.97. The van der Waals surface area contributed by atoms with Crippen molar-refractivity contribution in [1.82, 2.24) is 9.88 Å². The number of para-hydroxylation sites is 1. The Morgan fingerprint density at radius 2 is 1.61 bits per heavy atom. The molecule has 3 heteroatoms. The van der Waals surface area contributed by atoms with Gasteiger partial charge in [-0.15, -0.1) is 6.58 Å². The van der Waals surface area contributed by atoms with Gasteiger partial charge in [0.15, 0.2) is 0 Å². The SMILES string of the molecule is C=CC1CN(Cc2c3ccccc3cc3ccccc23)C([C@@H](O)c2ccnc3ccccc23)CC1CCC. The van der Waals surface area contributed by atoms with Gasteiger partial charge in [0, 0.05) is 30.7 Å². The molecule has 6 rings (SSSR count). The minimum absolute atomic E-state index is 0.00582. The molecule has 0 aliphatic carbocycles. The fraction of sp³-hybridized carbons (Fsp3) is 0.286. The molecule has 192 valence electrons. The highest BCUT2D eigenvalue weighted by Gasteiger charge is 2.38. The van der Waals surface area contributed by atoms with Crippen LogP contribution in [0.2, 0.25) is 0 Å². The molecule has 2 heterocycles. The summed E-state index contributed by atoms with van der Waals surface area (Å²) in [6.07, 6.45) is 6.63. The van der Waals surface area contributed by atoms with Crippen molar-refractivity contribution in [2.45, 2.75) is 44.9 Å². The summed E-state index contributed by atoms with van der Waals surface area (Å²) in [6.45, 7) is 8.18. The van der Waals surface area contributed by atoms with Crippen LogP contribution in [0.25, 0.3) is 32.4 Å². The molecule has 4 atom stereocenters. The Morgan fingerprint density at radius 3 is 2.29 bits per heavy atom. The quantitative estimate of drug-likeness (QED) is 0.181. The lowest BCUT2D eigenvalue weighted by Gasteiger charge is -2.45. The molecule has 0 amide bonds. The average molecular weight is 501 g/mol. The number of nitrogens with zero attached hydrogens (tertiary/aromatic N) is 2. The van der Waals surface area contributed by atoms with E-state index < -0.39 is 6.10 Å².